The zero-order valence-electron chi connectivity index (χ0n) is 17.5. The molecule has 2 aromatic carbocycles. The van der Waals surface area contributed by atoms with Crippen LogP contribution in [0.4, 0.5) is 15.9 Å². The molecular weight excluding hydrogens is 437 g/mol. The number of piperidine rings is 1. The van der Waals surface area contributed by atoms with E-state index in [4.69, 9.17) is 26.8 Å². The molecule has 3 aromatic rings. The second-order valence-corrected chi connectivity index (χ2v) is 7.96. The van der Waals surface area contributed by atoms with Gasteiger partial charge in [0.2, 0.25) is 5.91 Å². The third-order valence-electron chi connectivity index (χ3n) is 5.31. The highest BCUT2D eigenvalue weighted by molar-refractivity contribution is 6.31. The van der Waals surface area contributed by atoms with Crippen LogP contribution in [0.3, 0.4) is 0 Å². The van der Waals surface area contributed by atoms with Crippen molar-refractivity contribution in [3.8, 4) is 11.5 Å². The number of fused-ring (bicyclic) bond motifs is 1. The summed E-state index contributed by atoms with van der Waals surface area (Å²) in [6.07, 6.45) is 2.93. The number of ether oxygens (including phenoxy) is 2. The van der Waals surface area contributed by atoms with Gasteiger partial charge in [0.15, 0.2) is 11.5 Å². The van der Waals surface area contributed by atoms with E-state index in [1.807, 2.05) is 11.0 Å². The van der Waals surface area contributed by atoms with Gasteiger partial charge in [-0.1, -0.05) is 11.6 Å². The van der Waals surface area contributed by atoms with Crippen LogP contribution >= 0.6 is 11.6 Å². The van der Waals surface area contributed by atoms with Gasteiger partial charge < -0.3 is 20.5 Å². The molecule has 1 saturated heterocycles. The Kier molecular flexibility index (Phi) is 6.57. The van der Waals surface area contributed by atoms with Gasteiger partial charge in [-0.05, 0) is 37.1 Å². The Morgan fingerprint density at radius 3 is 2.72 bits per heavy atom. The van der Waals surface area contributed by atoms with Gasteiger partial charge in [-0.15, -0.1) is 0 Å². The molecule has 32 heavy (non-hydrogen) atoms. The maximum Gasteiger partial charge on any atom is 0.231 e. The molecule has 0 unspecified atom stereocenters. The lowest BCUT2D eigenvalue weighted by Crippen LogP contribution is -2.42. The summed E-state index contributed by atoms with van der Waals surface area (Å²) < 4.78 is 25.3. The van der Waals surface area contributed by atoms with Gasteiger partial charge in [0.1, 0.15) is 24.1 Å². The number of primary amides is 1. The van der Waals surface area contributed by atoms with E-state index in [0.29, 0.717) is 28.5 Å². The van der Waals surface area contributed by atoms with E-state index in [0.717, 1.165) is 31.3 Å². The Morgan fingerprint density at radius 2 is 2.03 bits per heavy atom. The Labute approximate surface area is 189 Å². The van der Waals surface area contributed by atoms with Crippen LogP contribution in [0.25, 0.3) is 10.9 Å². The Hall–Kier alpha value is -3.17. The molecule has 1 aliphatic rings. The molecule has 0 bridgehead atoms. The van der Waals surface area contributed by atoms with Gasteiger partial charge in [0.25, 0.3) is 0 Å². The van der Waals surface area contributed by atoms with Crippen molar-refractivity contribution in [2.45, 2.75) is 18.9 Å². The molecule has 3 N–H and O–H groups in total. The summed E-state index contributed by atoms with van der Waals surface area (Å²) in [6, 6.07) is 7.98. The number of nitrogens with two attached hydrogens (primary N) is 1. The summed E-state index contributed by atoms with van der Waals surface area (Å²) in [7, 11) is 1.57. The number of rotatable bonds is 7. The molecule has 0 radical (unpaired) electrons. The molecule has 8 nitrogen and oxygen atoms in total. The fourth-order valence-corrected chi connectivity index (χ4v) is 3.89. The van der Waals surface area contributed by atoms with Crippen LogP contribution in [0.5, 0.6) is 11.5 Å². The van der Waals surface area contributed by atoms with Crippen LogP contribution in [0.1, 0.15) is 12.8 Å². The maximum absolute atomic E-state index is 13.5. The molecule has 0 saturated carbocycles. The van der Waals surface area contributed by atoms with Crippen LogP contribution in [-0.4, -0.2) is 53.6 Å². The molecule has 1 amide bonds. The molecule has 1 fully saturated rings. The van der Waals surface area contributed by atoms with Crippen molar-refractivity contribution in [3.05, 3.63) is 47.5 Å². The largest absolute Gasteiger partial charge is 0.493 e. The first kappa shape index (κ1) is 22.0. The van der Waals surface area contributed by atoms with E-state index in [1.165, 1.54) is 18.5 Å². The second kappa shape index (κ2) is 9.54. The SMILES string of the molecule is COc1cc2ncnc(Nc3ccc(F)c(Cl)c3)c2cc1OC1CCN(CC(N)=O)CC1. The van der Waals surface area contributed by atoms with Crippen LogP contribution < -0.4 is 20.5 Å². The third-order valence-corrected chi connectivity index (χ3v) is 5.60. The van der Waals surface area contributed by atoms with Crippen molar-refractivity contribution in [1.29, 1.82) is 0 Å². The molecule has 10 heteroatoms. The molecule has 168 valence electrons. The van der Waals surface area contributed by atoms with Gasteiger partial charge in [-0.3, -0.25) is 9.69 Å². The molecule has 0 atom stereocenters. The standard InChI is InChI=1S/C22H23ClFN5O3/c1-31-19-10-18-15(9-20(19)32-14-4-6-29(7-5-14)11-21(25)30)22(27-12-26-18)28-13-2-3-17(24)16(23)8-13/h2-3,8-10,12,14H,4-7,11H2,1H3,(H2,25,30)(H,26,27,28). The normalized spacial score (nSPS) is 15.0. The Morgan fingerprint density at radius 1 is 1.25 bits per heavy atom. The monoisotopic (exact) mass is 459 g/mol. The lowest BCUT2D eigenvalue weighted by atomic mass is 10.1. The lowest BCUT2D eigenvalue weighted by Gasteiger charge is -2.31. The highest BCUT2D eigenvalue weighted by Gasteiger charge is 2.23. The zero-order chi connectivity index (χ0) is 22.7. The molecule has 1 aliphatic heterocycles. The summed E-state index contributed by atoms with van der Waals surface area (Å²) in [5.41, 5.74) is 6.54. The topological polar surface area (TPSA) is 103 Å². The zero-order valence-corrected chi connectivity index (χ0v) is 18.2. The fraction of sp³-hybridized carbons (Fsp3) is 0.318. The van der Waals surface area contributed by atoms with Gasteiger partial charge >= 0.3 is 0 Å². The number of carbonyl (C=O) groups excluding carboxylic acids is 1. The molecule has 4 rings (SSSR count). The smallest absolute Gasteiger partial charge is 0.231 e. The number of carbonyl (C=O) groups is 1. The van der Waals surface area contributed by atoms with Gasteiger partial charge in [-0.2, -0.15) is 0 Å². The van der Waals surface area contributed by atoms with Crippen molar-refractivity contribution in [1.82, 2.24) is 14.9 Å². The molecule has 0 aliphatic carbocycles. The molecule has 0 spiro atoms. The summed E-state index contributed by atoms with van der Waals surface area (Å²) in [5, 5.41) is 3.89. The first-order valence-corrected chi connectivity index (χ1v) is 10.5. The number of nitrogens with one attached hydrogen (secondary N) is 1. The predicted molar refractivity (Wildman–Crippen MR) is 120 cm³/mol. The van der Waals surface area contributed by atoms with E-state index in [9.17, 15) is 9.18 Å². The summed E-state index contributed by atoms with van der Waals surface area (Å²) >= 11 is 5.90. The third kappa shape index (κ3) is 5.00. The molecular formula is C22H23ClFN5O3. The van der Waals surface area contributed by atoms with Crippen molar-refractivity contribution in [3.63, 3.8) is 0 Å². The van der Waals surface area contributed by atoms with Gasteiger partial charge in [0, 0.05) is 30.2 Å². The second-order valence-electron chi connectivity index (χ2n) is 7.56. The summed E-state index contributed by atoms with van der Waals surface area (Å²) in [5.74, 6) is 0.839. The number of methoxy groups -OCH3 is 1. The average molecular weight is 460 g/mol. The minimum absolute atomic E-state index is 0.0155. The number of amides is 1. The maximum atomic E-state index is 13.5. The summed E-state index contributed by atoms with van der Waals surface area (Å²) in [6.45, 7) is 1.71. The number of anilines is 2. The van der Waals surface area contributed by atoms with Crippen LogP contribution in [0.15, 0.2) is 36.7 Å². The number of hydrogen-bond donors (Lipinski definition) is 2. The van der Waals surface area contributed by atoms with Crippen LogP contribution in [-0.2, 0) is 4.79 Å². The highest BCUT2D eigenvalue weighted by atomic mass is 35.5. The first-order chi connectivity index (χ1) is 15.4. The van der Waals surface area contributed by atoms with E-state index >= 15 is 0 Å². The van der Waals surface area contributed by atoms with Crippen molar-refractivity contribution < 1.29 is 18.7 Å². The first-order valence-electron chi connectivity index (χ1n) is 10.1. The van der Waals surface area contributed by atoms with Crippen LogP contribution in [0.2, 0.25) is 5.02 Å². The number of benzene rings is 2. The highest BCUT2D eigenvalue weighted by Crippen LogP contribution is 2.36. The van der Waals surface area contributed by atoms with Crippen molar-refractivity contribution in [2.75, 3.05) is 32.1 Å². The van der Waals surface area contributed by atoms with Crippen molar-refractivity contribution >= 4 is 39.9 Å². The number of aromatic nitrogens is 2. The number of halogens is 2. The predicted octanol–water partition coefficient (Wildman–Crippen LogP) is 3.50. The quantitative estimate of drug-likeness (QED) is 0.557. The number of nitrogens with zero attached hydrogens (tertiary/aromatic N) is 3. The Balaban J connectivity index is 1.58. The van der Waals surface area contributed by atoms with E-state index in [1.54, 1.807) is 19.2 Å². The minimum atomic E-state index is -0.493. The van der Waals surface area contributed by atoms with Crippen molar-refractivity contribution in [2.24, 2.45) is 5.73 Å². The molecule has 1 aromatic heterocycles. The minimum Gasteiger partial charge on any atom is -0.493 e. The van der Waals surface area contributed by atoms with E-state index in [2.05, 4.69) is 15.3 Å². The summed E-state index contributed by atoms with van der Waals surface area (Å²) in [4.78, 5) is 21.8. The van der Waals surface area contributed by atoms with E-state index < -0.39 is 5.82 Å². The average Bonchev–Trinajstić information content (AvgIpc) is 2.77. The lowest BCUT2D eigenvalue weighted by molar-refractivity contribution is -0.119. The van der Waals surface area contributed by atoms with Gasteiger partial charge in [-0.25, -0.2) is 14.4 Å². The molecule has 2 heterocycles. The van der Waals surface area contributed by atoms with Gasteiger partial charge in [0.05, 0.1) is 24.2 Å². The number of likely N-dealkylation sites (tertiary alicyclic amines) is 1. The number of hydrogen-bond acceptors (Lipinski definition) is 7. The fourth-order valence-electron chi connectivity index (χ4n) is 3.71. The van der Waals surface area contributed by atoms with E-state index in [-0.39, 0.29) is 23.6 Å². The Bertz CT molecular complexity index is 1140. The van der Waals surface area contributed by atoms with Crippen LogP contribution in [0, 0.1) is 5.82 Å².